The van der Waals surface area contributed by atoms with Gasteiger partial charge in [-0.05, 0) is 18.6 Å². The summed E-state index contributed by atoms with van der Waals surface area (Å²) >= 11 is 0. The monoisotopic (exact) mass is 365 g/mol. The zero-order chi connectivity index (χ0) is 18.2. The molecule has 0 spiro atoms. The topological polar surface area (TPSA) is 120 Å². The fraction of sp³-hybridized carbons (Fsp3) is 0.467. The summed E-state index contributed by atoms with van der Waals surface area (Å²) in [6.45, 7) is 2.62. The molecule has 2 aromatic rings. The van der Waals surface area contributed by atoms with Gasteiger partial charge in [0.05, 0.1) is 11.5 Å². The Morgan fingerprint density at radius 2 is 2.20 bits per heavy atom. The van der Waals surface area contributed by atoms with Crippen LogP contribution in [0.25, 0.3) is 0 Å². The van der Waals surface area contributed by atoms with Gasteiger partial charge in [0.15, 0.2) is 15.7 Å². The number of hydrogen-bond donors (Lipinski definition) is 1. The molecule has 1 aromatic carbocycles. The van der Waals surface area contributed by atoms with Crippen LogP contribution in [0.5, 0.6) is 0 Å². The zero-order valence-electron chi connectivity index (χ0n) is 14.0. The van der Waals surface area contributed by atoms with Crippen molar-refractivity contribution in [1.82, 2.24) is 14.8 Å². The minimum Gasteiger partial charge on any atom is -0.380 e. The maximum absolute atomic E-state index is 11.8. The van der Waals surface area contributed by atoms with E-state index in [1.54, 1.807) is 0 Å². The molecule has 0 aliphatic carbocycles. The molecule has 134 valence electrons. The van der Waals surface area contributed by atoms with E-state index in [4.69, 9.17) is 0 Å². The fourth-order valence-electron chi connectivity index (χ4n) is 2.92. The lowest BCUT2D eigenvalue weighted by Gasteiger charge is -2.24. The number of anilines is 1. The van der Waals surface area contributed by atoms with Crippen LogP contribution in [0.15, 0.2) is 23.1 Å². The molecule has 0 saturated heterocycles. The highest BCUT2D eigenvalue weighted by Crippen LogP contribution is 2.28. The van der Waals surface area contributed by atoms with E-state index < -0.39 is 20.4 Å². The van der Waals surface area contributed by atoms with Crippen LogP contribution in [0.4, 0.5) is 11.4 Å². The standard InChI is InChI=1S/C15H19N5O4S/c1-3-14-17-15-7-5-11(9-19(15)18-14)16-10-4-6-12(20(21)22)13(8-10)25(2,23)24/h4,6,8,11,16H,3,5,7,9H2,1-2H3. The number of nitrogens with one attached hydrogen (secondary N) is 1. The lowest BCUT2D eigenvalue weighted by atomic mass is 10.1. The van der Waals surface area contributed by atoms with Crippen molar-refractivity contribution in [2.75, 3.05) is 11.6 Å². The maximum atomic E-state index is 11.8. The molecule has 0 bridgehead atoms. The van der Waals surface area contributed by atoms with Gasteiger partial charge in [-0.1, -0.05) is 6.92 Å². The summed E-state index contributed by atoms with van der Waals surface area (Å²) < 4.78 is 25.6. The number of nitro groups is 1. The van der Waals surface area contributed by atoms with Crippen molar-refractivity contribution in [1.29, 1.82) is 0 Å². The Morgan fingerprint density at radius 1 is 1.44 bits per heavy atom. The first kappa shape index (κ1) is 17.3. The van der Waals surface area contributed by atoms with Crippen molar-refractivity contribution >= 4 is 21.2 Å². The summed E-state index contributed by atoms with van der Waals surface area (Å²) in [6, 6.07) is 4.12. The van der Waals surface area contributed by atoms with Gasteiger partial charge in [0.2, 0.25) is 0 Å². The Hall–Kier alpha value is -2.49. The van der Waals surface area contributed by atoms with E-state index >= 15 is 0 Å². The lowest BCUT2D eigenvalue weighted by Crippen LogP contribution is -2.32. The first-order chi connectivity index (χ1) is 11.8. The normalized spacial score (nSPS) is 17.1. The van der Waals surface area contributed by atoms with Crippen molar-refractivity contribution in [2.45, 2.75) is 43.7 Å². The zero-order valence-corrected chi connectivity index (χ0v) is 14.8. The molecule has 10 heteroatoms. The van der Waals surface area contributed by atoms with Crippen LogP contribution < -0.4 is 5.32 Å². The number of fused-ring (bicyclic) bond motifs is 1. The SMILES string of the molecule is CCc1nc2n(n1)CC(Nc1ccc([N+](=O)[O-])c(S(C)(=O)=O)c1)CC2. The van der Waals surface area contributed by atoms with E-state index in [0.717, 1.165) is 37.2 Å². The average Bonchev–Trinajstić information content (AvgIpc) is 2.96. The van der Waals surface area contributed by atoms with Gasteiger partial charge in [-0.3, -0.25) is 10.1 Å². The molecule has 1 N–H and O–H groups in total. The predicted molar refractivity (Wildman–Crippen MR) is 91.3 cm³/mol. The Kier molecular flexibility index (Phi) is 4.46. The van der Waals surface area contributed by atoms with E-state index in [0.29, 0.717) is 12.2 Å². The molecule has 1 aliphatic heterocycles. The number of hydrogen-bond acceptors (Lipinski definition) is 7. The first-order valence-electron chi connectivity index (χ1n) is 7.95. The van der Waals surface area contributed by atoms with Gasteiger partial charge < -0.3 is 5.32 Å². The second-order valence-corrected chi connectivity index (χ2v) is 8.06. The van der Waals surface area contributed by atoms with Crippen LogP contribution in [0.1, 0.15) is 25.0 Å². The van der Waals surface area contributed by atoms with E-state index in [-0.39, 0.29) is 10.9 Å². The summed E-state index contributed by atoms with van der Waals surface area (Å²) in [5.41, 5.74) is 0.123. The minimum atomic E-state index is -3.70. The maximum Gasteiger partial charge on any atom is 0.288 e. The predicted octanol–water partition coefficient (Wildman–Crippen LogP) is 1.58. The molecule has 1 atom stereocenters. The molecule has 9 nitrogen and oxygen atoms in total. The van der Waals surface area contributed by atoms with Gasteiger partial charge in [-0.15, -0.1) is 0 Å². The molecule has 25 heavy (non-hydrogen) atoms. The van der Waals surface area contributed by atoms with Crippen LogP contribution in [-0.2, 0) is 29.2 Å². The molecule has 1 aromatic heterocycles. The number of rotatable bonds is 5. The quantitative estimate of drug-likeness (QED) is 0.631. The minimum absolute atomic E-state index is 0.0489. The summed E-state index contributed by atoms with van der Waals surface area (Å²) in [5.74, 6) is 1.76. The number of benzene rings is 1. The molecule has 0 fully saturated rings. The first-order valence-corrected chi connectivity index (χ1v) is 9.84. The number of nitro benzene ring substituents is 1. The van der Waals surface area contributed by atoms with Crippen molar-refractivity contribution in [3.63, 3.8) is 0 Å². The number of aryl methyl sites for hydroxylation is 2. The molecule has 0 saturated carbocycles. The highest BCUT2D eigenvalue weighted by Gasteiger charge is 2.25. The molecular formula is C15H19N5O4S. The molecule has 0 amide bonds. The third-order valence-electron chi connectivity index (χ3n) is 4.14. The van der Waals surface area contributed by atoms with Crippen molar-refractivity contribution in [2.24, 2.45) is 0 Å². The third-order valence-corrected chi connectivity index (χ3v) is 5.27. The summed E-state index contributed by atoms with van der Waals surface area (Å²) in [4.78, 5) is 14.5. The lowest BCUT2D eigenvalue weighted by molar-refractivity contribution is -0.387. The van der Waals surface area contributed by atoms with E-state index in [1.165, 1.54) is 18.2 Å². The molecule has 1 aliphatic rings. The van der Waals surface area contributed by atoms with Crippen LogP contribution in [0.3, 0.4) is 0 Å². The van der Waals surface area contributed by atoms with E-state index in [1.807, 2.05) is 11.6 Å². The van der Waals surface area contributed by atoms with Crippen molar-refractivity contribution < 1.29 is 13.3 Å². The Bertz CT molecular complexity index is 922. The van der Waals surface area contributed by atoms with E-state index in [9.17, 15) is 18.5 Å². The van der Waals surface area contributed by atoms with Crippen molar-refractivity contribution in [3.05, 3.63) is 40.0 Å². The summed E-state index contributed by atoms with van der Waals surface area (Å²) in [6.07, 6.45) is 3.34. The Morgan fingerprint density at radius 3 is 2.84 bits per heavy atom. The highest BCUT2D eigenvalue weighted by atomic mass is 32.2. The van der Waals surface area contributed by atoms with Crippen LogP contribution in [0, 0.1) is 10.1 Å². The average molecular weight is 365 g/mol. The molecular weight excluding hydrogens is 346 g/mol. The van der Waals surface area contributed by atoms with Gasteiger partial charge in [0.1, 0.15) is 10.7 Å². The fourth-order valence-corrected chi connectivity index (χ4v) is 3.78. The third kappa shape index (κ3) is 3.63. The van der Waals surface area contributed by atoms with Crippen LogP contribution in [-0.4, -0.2) is 40.4 Å². The van der Waals surface area contributed by atoms with Crippen LogP contribution in [0.2, 0.25) is 0 Å². The van der Waals surface area contributed by atoms with Gasteiger partial charge in [0, 0.05) is 36.9 Å². The van der Waals surface area contributed by atoms with Gasteiger partial charge in [-0.2, -0.15) is 5.10 Å². The molecule has 0 radical (unpaired) electrons. The Labute approximate surface area is 145 Å². The van der Waals surface area contributed by atoms with Gasteiger partial charge in [-0.25, -0.2) is 18.1 Å². The van der Waals surface area contributed by atoms with E-state index in [2.05, 4.69) is 15.4 Å². The second kappa shape index (κ2) is 6.43. The molecule has 1 unspecified atom stereocenters. The number of aromatic nitrogens is 3. The smallest absolute Gasteiger partial charge is 0.288 e. The van der Waals surface area contributed by atoms with Crippen molar-refractivity contribution in [3.8, 4) is 0 Å². The second-order valence-electron chi connectivity index (χ2n) is 6.07. The number of sulfone groups is 1. The molecule has 3 rings (SSSR count). The van der Waals surface area contributed by atoms with Crippen LogP contribution >= 0.6 is 0 Å². The highest BCUT2D eigenvalue weighted by molar-refractivity contribution is 7.90. The summed E-state index contributed by atoms with van der Waals surface area (Å²) in [5, 5.41) is 18.7. The largest absolute Gasteiger partial charge is 0.380 e. The van der Waals surface area contributed by atoms with Gasteiger partial charge in [0.25, 0.3) is 5.69 Å². The number of nitrogens with zero attached hydrogens (tertiary/aromatic N) is 4. The van der Waals surface area contributed by atoms with Gasteiger partial charge >= 0.3 is 0 Å². The molecule has 2 heterocycles. The Balaban J connectivity index is 1.83. The summed E-state index contributed by atoms with van der Waals surface area (Å²) in [7, 11) is -3.70.